The smallest absolute Gasteiger partial charge is 0.290 e. The predicted octanol–water partition coefficient (Wildman–Crippen LogP) is 4.23. The number of aryl methyl sites for hydroxylation is 1. The molecule has 1 aliphatic rings. The molecule has 0 aliphatic carbocycles. The minimum Gasteiger partial charge on any atom is -0.497 e. The van der Waals surface area contributed by atoms with Gasteiger partial charge in [0.25, 0.3) is 5.91 Å². The van der Waals surface area contributed by atoms with Crippen molar-refractivity contribution in [3.8, 4) is 5.75 Å². The van der Waals surface area contributed by atoms with E-state index < -0.39 is 0 Å². The normalized spacial score (nSPS) is 17.2. The lowest BCUT2D eigenvalue weighted by Gasteiger charge is -2.20. The highest BCUT2D eigenvalue weighted by molar-refractivity contribution is 5.99. The Labute approximate surface area is 157 Å². The Morgan fingerprint density at radius 3 is 2.89 bits per heavy atom. The van der Waals surface area contributed by atoms with Crippen molar-refractivity contribution in [2.45, 2.75) is 45.6 Å². The maximum atomic E-state index is 13.2. The van der Waals surface area contributed by atoms with Crippen LogP contribution in [0.1, 0.15) is 66.5 Å². The van der Waals surface area contributed by atoms with E-state index in [1.54, 1.807) is 18.1 Å². The molecule has 1 aromatic carbocycles. The van der Waals surface area contributed by atoms with Crippen LogP contribution in [0, 0.1) is 6.92 Å². The summed E-state index contributed by atoms with van der Waals surface area (Å²) < 4.78 is 16.6. The summed E-state index contributed by atoms with van der Waals surface area (Å²) in [5.41, 5.74) is 1.47. The average Bonchev–Trinajstić information content (AvgIpc) is 3.39. The summed E-state index contributed by atoms with van der Waals surface area (Å²) in [7, 11) is 1.60. The minimum atomic E-state index is -0.209. The van der Waals surface area contributed by atoms with E-state index in [-0.39, 0.29) is 17.9 Å². The van der Waals surface area contributed by atoms with Gasteiger partial charge in [0.15, 0.2) is 11.6 Å². The van der Waals surface area contributed by atoms with Gasteiger partial charge in [-0.05, 0) is 31.9 Å². The number of ether oxygens (including phenoxy) is 1. The number of likely N-dealkylation sites (tertiary alicyclic amines) is 1. The van der Waals surface area contributed by atoms with Crippen molar-refractivity contribution in [3.63, 3.8) is 0 Å². The third kappa shape index (κ3) is 2.97. The molecule has 0 spiro atoms. The molecule has 27 heavy (non-hydrogen) atoms. The number of rotatable bonds is 4. The van der Waals surface area contributed by atoms with Crippen molar-refractivity contribution >= 4 is 16.9 Å². The number of nitrogens with zero attached hydrogens (tertiary/aromatic N) is 3. The van der Waals surface area contributed by atoms with Crippen LogP contribution >= 0.6 is 0 Å². The number of methoxy groups -OCH3 is 1. The summed E-state index contributed by atoms with van der Waals surface area (Å²) in [6.45, 7) is 6.57. The molecule has 1 fully saturated rings. The lowest BCUT2D eigenvalue weighted by Crippen LogP contribution is -2.30. The molecule has 0 N–H and O–H groups in total. The number of fused-ring (bicyclic) bond motifs is 1. The first kappa shape index (κ1) is 17.6. The van der Waals surface area contributed by atoms with Gasteiger partial charge >= 0.3 is 0 Å². The monoisotopic (exact) mass is 369 g/mol. The van der Waals surface area contributed by atoms with E-state index >= 15 is 0 Å². The van der Waals surface area contributed by atoms with Crippen LogP contribution in [0.15, 0.2) is 27.1 Å². The summed E-state index contributed by atoms with van der Waals surface area (Å²) >= 11 is 0. The van der Waals surface area contributed by atoms with E-state index in [9.17, 15) is 4.79 Å². The SMILES string of the molecule is COc1ccc2c(C)c(C(=O)N3CCC[C@H]3c3nc(C(C)C)no3)oc2c1. The third-order valence-corrected chi connectivity index (χ3v) is 5.11. The van der Waals surface area contributed by atoms with Crippen LogP contribution in [-0.4, -0.2) is 34.6 Å². The van der Waals surface area contributed by atoms with Crippen LogP contribution in [0.2, 0.25) is 0 Å². The van der Waals surface area contributed by atoms with Gasteiger partial charge in [0.05, 0.1) is 7.11 Å². The second-order valence-electron chi connectivity index (χ2n) is 7.22. The second kappa shape index (κ2) is 6.72. The first-order valence-electron chi connectivity index (χ1n) is 9.21. The van der Waals surface area contributed by atoms with Crippen molar-refractivity contribution in [1.82, 2.24) is 15.0 Å². The second-order valence-corrected chi connectivity index (χ2v) is 7.22. The molecule has 1 aliphatic heterocycles. The summed E-state index contributed by atoms with van der Waals surface area (Å²) in [6.07, 6.45) is 1.70. The van der Waals surface area contributed by atoms with Crippen molar-refractivity contribution < 1.29 is 18.5 Å². The van der Waals surface area contributed by atoms with Gasteiger partial charge in [-0.1, -0.05) is 19.0 Å². The zero-order valence-electron chi connectivity index (χ0n) is 16.0. The number of amides is 1. The van der Waals surface area contributed by atoms with Crippen molar-refractivity contribution in [3.05, 3.63) is 41.2 Å². The standard InChI is InChI=1S/C20H23N3O4/c1-11(2)18-21-19(27-22-18)15-6-5-9-23(15)20(24)17-12(3)14-8-7-13(25-4)10-16(14)26-17/h7-8,10-11,15H,5-6,9H2,1-4H3/t15-/m0/s1. The molecule has 7 heteroatoms. The van der Waals surface area contributed by atoms with Gasteiger partial charge in [-0.15, -0.1) is 0 Å². The van der Waals surface area contributed by atoms with Gasteiger partial charge in [0.1, 0.15) is 17.4 Å². The average molecular weight is 369 g/mol. The molecule has 1 amide bonds. The number of carbonyl (C=O) groups excluding carboxylic acids is 1. The van der Waals surface area contributed by atoms with E-state index in [0.29, 0.717) is 35.4 Å². The lowest BCUT2D eigenvalue weighted by molar-refractivity contribution is 0.0679. The molecule has 0 radical (unpaired) electrons. The highest BCUT2D eigenvalue weighted by atomic mass is 16.5. The van der Waals surface area contributed by atoms with Crippen LogP contribution in [-0.2, 0) is 0 Å². The quantitative estimate of drug-likeness (QED) is 0.684. The lowest BCUT2D eigenvalue weighted by atomic mass is 10.1. The topological polar surface area (TPSA) is 81.6 Å². The molecule has 4 rings (SSSR count). The highest BCUT2D eigenvalue weighted by Crippen LogP contribution is 2.35. The van der Waals surface area contributed by atoms with Crippen LogP contribution in [0.3, 0.4) is 0 Å². The van der Waals surface area contributed by atoms with Gasteiger partial charge in [0, 0.05) is 29.5 Å². The van der Waals surface area contributed by atoms with Crippen molar-refractivity contribution in [2.75, 3.05) is 13.7 Å². The van der Waals surface area contributed by atoms with E-state index in [0.717, 1.165) is 23.8 Å². The molecule has 0 saturated carbocycles. The molecule has 3 heterocycles. The Kier molecular flexibility index (Phi) is 4.37. The Morgan fingerprint density at radius 2 is 2.19 bits per heavy atom. The maximum Gasteiger partial charge on any atom is 0.290 e. The number of aromatic nitrogens is 2. The molecule has 1 saturated heterocycles. The van der Waals surface area contributed by atoms with Crippen LogP contribution < -0.4 is 4.74 Å². The molecule has 142 valence electrons. The molecule has 1 atom stereocenters. The zero-order valence-corrected chi connectivity index (χ0v) is 16.0. The largest absolute Gasteiger partial charge is 0.497 e. The van der Waals surface area contributed by atoms with Gasteiger partial charge in [0.2, 0.25) is 5.89 Å². The maximum absolute atomic E-state index is 13.2. The first-order chi connectivity index (χ1) is 13.0. The molecule has 0 bridgehead atoms. The third-order valence-electron chi connectivity index (χ3n) is 5.11. The Morgan fingerprint density at radius 1 is 1.37 bits per heavy atom. The summed E-state index contributed by atoms with van der Waals surface area (Å²) in [6, 6.07) is 5.37. The summed E-state index contributed by atoms with van der Waals surface area (Å²) in [5, 5.41) is 4.95. The molecule has 3 aromatic rings. The van der Waals surface area contributed by atoms with E-state index in [4.69, 9.17) is 13.7 Å². The molecular formula is C20H23N3O4. The van der Waals surface area contributed by atoms with Crippen LogP contribution in [0.4, 0.5) is 0 Å². The van der Waals surface area contributed by atoms with Gasteiger partial charge < -0.3 is 18.6 Å². The zero-order chi connectivity index (χ0) is 19.1. The number of furan rings is 1. The van der Waals surface area contributed by atoms with Crippen molar-refractivity contribution in [2.24, 2.45) is 0 Å². The van der Waals surface area contributed by atoms with Crippen molar-refractivity contribution in [1.29, 1.82) is 0 Å². The van der Waals surface area contributed by atoms with Gasteiger partial charge in [-0.3, -0.25) is 4.79 Å². The fraction of sp³-hybridized carbons (Fsp3) is 0.450. The molecule has 7 nitrogen and oxygen atoms in total. The number of carbonyl (C=O) groups is 1. The van der Waals surface area contributed by atoms with E-state index in [2.05, 4.69) is 10.1 Å². The Bertz CT molecular complexity index is 988. The number of hydrogen-bond donors (Lipinski definition) is 0. The first-order valence-corrected chi connectivity index (χ1v) is 9.21. The Balaban J connectivity index is 1.66. The Hall–Kier alpha value is -2.83. The van der Waals surface area contributed by atoms with Crippen LogP contribution in [0.5, 0.6) is 5.75 Å². The number of benzene rings is 1. The van der Waals surface area contributed by atoms with E-state index in [1.165, 1.54) is 0 Å². The summed E-state index contributed by atoms with van der Waals surface area (Å²) in [5.74, 6) is 2.25. The van der Waals surface area contributed by atoms with Gasteiger partial charge in [-0.2, -0.15) is 4.98 Å². The molecule has 0 unspecified atom stereocenters. The molecular weight excluding hydrogens is 346 g/mol. The summed E-state index contributed by atoms with van der Waals surface area (Å²) in [4.78, 5) is 19.5. The number of hydrogen-bond acceptors (Lipinski definition) is 6. The fourth-order valence-electron chi connectivity index (χ4n) is 3.55. The minimum absolute atomic E-state index is 0.144. The van der Waals surface area contributed by atoms with Crippen LogP contribution in [0.25, 0.3) is 11.0 Å². The van der Waals surface area contributed by atoms with Gasteiger partial charge in [-0.25, -0.2) is 0 Å². The van der Waals surface area contributed by atoms with E-state index in [1.807, 2.05) is 32.9 Å². The predicted molar refractivity (Wildman–Crippen MR) is 98.9 cm³/mol. The highest BCUT2D eigenvalue weighted by Gasteiger charge is 2.36. The fourth-order valence-corrected chi connectivity index (χ4v) is 3.55. The molecule has 2 aromatic heterocycles.